The number of amides is 1. The number of hydrogen-bond acceptors (Lipinski definition) is 2. The Hall–Kier alpha value is -1.81. The van der Waals surface area contributed by atoms with Gasteiger partial charge in [-0.15, -0.1) is 0 Å². The Bertz CT molecular complexity index is 713. The van der Waals surface area contributed by atoms with Gasteiger partial charge in [-0.3, -0.25) is 4.79 Å². The van der Waals surface area contributed by atoms with Gasteiger partial charge in [0.15, 0.2) is 0 Å². The lowest BCUT2D eigenvalue weighted by Crippen LogP contribution is -2.34. The number of aromatic nitrogens is 1. The minimum absolute atomic E-state index is 0.182. The van der Waals surface area contributed by atoms with E-state index in [9.17, 15) is 4.79 Å². The van der Waals surface area contributed by atoms with Crippen molar-refractivity contribution < 1.29 is 4.79 Å². The van der Waals surface area contributed by atoms with Crippen molar-refractivity contribution in [2.45, 2.75) is 44.6 Å². The fourth-order valence-corrected chi connectivity index (χ4v) is 4.14. The van der Waals surface area contributed by atoms with Crippen molar-refractivity contribution in [3.8, 4) is 0 Å². The van der Waals surface area contributed by atoms with E-state index < -0.39 is 0 Å². The highest BCUT2D eigenvalue weighted by Crippen LogP contribution is 2.29. The number of rotatable bonds is 7. The zero-order chi connectivity index (χ0) is 17.8. The topological polar surface area (TPSA) is 37.3 Å². The molecule has 25 heavy (non-hydrogen) atoms. The quantitative estimate of drug-likeness (QED) is 0.830. The van der Waals surface area contributed by atoms with Crippen LogP contribution in [-0.2, 0) is 11.8 Å². The highest BCUT2D eigenvalue weighted by atomic mass is 16.1. The number of nitrogens with one attached hydrogen (secondary N) is 1. The number of hydrogen-bond donors (Lipinski definition) is 1. The lowest BCUT2D eigenvalue weighted by Gasteiger charge is -2.24. The van der Waals surface area contributed by atoms with Gasteiger partial charge >= 0.3 is 0 Å². The molecule has 4 heteroatoms. The molecule has 0 spiro atoms. The highest BCUT2D eigenvalue weighted by Gasteiger charge is 2.21. The van der Waals surface area contributed by atoms with Crippen molar-refractivity contribution in [3.63, 3.8) is 0 Å². The van der Waals surface area contributed by atoms with E-state index in [0.717, 1.165) is 12.3 Å². The predicted octanol–water partition coefficient (Wildman–Crippen LogP) is 3.87. The summed E-state index contributed by atoms with van der Waals surface area (Å²) in [6.07, 6.45) is 9.21. The minimum atomic E-state index is 0.182. The molecule has 3 rings (SSSR count). The fraction of sp³-hybridized carbons (Fsp3) is 0.571. The smallest absolute Gasteiger partial charge is 0.220 e. The maximum Gasteiger partial charge on any atom is 0.220 e. The Balaban J connectivity index is 1.64. The van der Waals surface area contributed by atoms with E-state index in [2.05, 4.69) is 66.4 Å². The van der Waals surface area contributed by atoms with Crippen molar-refractivity contribution in [3.05, 3.63) is 36.0 Å². The monoisotopic (exact) mass is 341 g/mol. The van der Waals surface area contributed by atoms with Crippen LogP contribution < -0.4 is 5.32 Å². The molecule has 1 aliphatic carbocycles. The highest BCUT2D eigenvalue weighted by molar-refractivity contribution is 5.84. The predicted molar refractivity (Wildman–Crippen MR) is 104 cm³/mol. The minimum Gasteiger partial charge on any atom is -0.354 e. The van der Waals surface area contributed by atoms with Crippen LogP contribution in [0.15, 0.2) is 30.5 Å². The number of nitrogens with zero attached hydrogens (tertiary/aromatic N) is 2. The molecule has 4 nitrogen and oxygen atoms in total. The van der Waals surface area contributed by atoms with Crippen LogP contribution in [-0.4, -0.2) is 36.0 Å². The lowest BCUT2D eigenvalue weighted by molar-refractivity contribution is -0.121. The van der Waals surface area contributed by atoms with Crippen LogP contribution in [0.1, 0.15) is 50.1 Å². The second-order valence-corrected chi connectivity index (χ2v) is 7.69. The Morgan fingerprint density at radius 3 is 2.72 bits per heavy atom. The first kappa shape index (κ1) is 18.0. The van der Waals surface area contributed by atoms with Crippen LogP contribution in [0.25, 0.3) is 10.9 Å². The molecule has 0 aliphatic heterocycles. The molecule has 0 saturated heterocycles. The Labute approximate surface area is 151 Å². The molecule has 1 saturated carbocycles. The Morgan fingerprint density at radius 2 is 2.00 bits per heavy atom. The molecule has 0 radical (unpaired) electrons. The van der Waals surface area contributed by atoms with E-state index in [1.54, 1.807) is 0 Å². The maximum atomic E-state index is 12.3. The second-order valence-electron chi connectivity index (χ2n) is 7.69. The van der Waals surface area contributed by atoms with Crippen LogP contribution in [0.5, 0.6) is 0 Å². The summed E-state index contributed by atoms with van der Waals surface area (Å²) in [6.45, 7) is 0.657. The summed E-state index contributed by atoms with van der Waals surface area (Å²) in [6, 6.07) is 8.65. The molecular weight excluding hydrogens is 310 g/mol. The summed E-state index contributed by atoms with van der Waals surface area (Å²) >= 11 is 0. The first-order chi connectivity index (χ1) is 12.1. The first-order valence-corrected chi connectivity index (χ1v) is 9.53. The third-order valence-electron chi connectivity index (χ3n) is 5.66. The number of para-hydroxylation sites is 1. The van der Waals surface area contributed by atoms with Crippen LogP contribution in [0.3, 0.4) is 0 Å². The number of benzene rings is 1. The largest absolute Gasteiger partial charge is 0.354 e. The van der Waals surface area contributed by atoms with Crippen LogP contribution in [0, 0.1) is 5.92 Å². The molecule has 1 fully saturated rings. The molecule has 1 heterocycles. The normalized spacial score (nSPS) is 16.6. The van der Waals surface area contributed by atoms with E-state index in [0.29, 0.717) is 13.0 Å². The van der Waals surface area contributed by atoms with Gasteiger partial charge in [-0.1, -0.05) is 43.9 Å². The van der Waals surface area contributed by atoms with Crippen molar-refractivity contribution in [1.29, 1.82) is 0 Å². The van der Waals surface area contributed by atoms with Gasteiger partial charge in [0.25, 0.3) is 0 Å². The number of carbonyl (C=O) groups is 1. The zero-order valence-corrected chi connectivity index (χ0v) is 15.8. The molecule has 2 aromatic rings. The van der Waals surface area contributed by atoms with Gasteiger partial charge in [0.2, 0.25) is 5.91 Å². The first-order valence-electron chi connectivity index (χ1n) is 9.53. The van der Waals surface area contributed by atoms with Crippen molar-refractivity contribution in [1.82, 2.24) is 14.8 Å². The summed E-state index contributed by atoms with van der Waals surface area (Å²) in [7, 11) is 6.24. The molecule has 1 aliphatic rings. The summed E-state index contributed by atoms with van der Waals surface area (Å²) < 4.78 is 2.17. The molecule has 1 unspecified atom stereocenters. The van der Waals surface area contributed by atoms with Gasteiger partial charge in [0.05, 0.1) is 6.04 Å². The zero-order valence-electron chi connectivity index (χ0n) is 15.8. The van der Waals surface area contributed by atoms with Crippen LogP contribution in [0.2, 0.25) is 0 Å². The van der Waals surface area contributed by atoms with Crippen molar-refractivity contribution in [2.75, 3.05) is 20.6 Å². The summed E-state index contributed by atoms with van der Waals surface area (Å²) in [4.78, 5) is 14.5. The maximum absolute atomic E-state index is 12.3. The molecule has 1 amide bonds. The van der Waals surface area contributed by atoms with E-state index in [1.807, 2.05) is 0 Å². The third kappa shape index (κ3) is 4.24. The van der Waals surface area contributed by atoms with Crippen LogP contribution >= 0.6 is 0 Å². The average Bonchev–Trinajstić information content (AvgIpc) is 3.22. The van der Waals surface area contributed by atoms with E-state index in [4.69, 9.17) is 0 Å². The number of likely N-dealkylation sites (N-methyl/N-ethyl adjacent to an activating group) is 1. The third-order valence-corrected chi connectivity index (χ3v) is 5.66. The molecule has 1 aromatic heterocycles. The van der Waals surface area contributed by atoms with Gasteiger partial charge < -0.3 is 14.8 Å². The summed E-state index contributed by atoms with van der Waals surface area (Å²) in [5.41, 5.74) is 2.51. The molecule has 0 bridgehead atoms. The molecule has 136 valence electrons. The molecule has 1 aromatic carbocycles. The van der Waals surface area contributed by atoms with E-state index >= 15 is 0 Å². The van der Waals surface area contributed by atoms with Crippen LogP contribution in [0.4, 0.5) is 0 Å². The van der Waals surface area contributed by atoms with Crippen molar-refractivity contribution in [2.24, 2.45) is 13.0 Å². The Kier molecular flexibility index (Phi) is 5.79. The SMILES string of the molecule is CN(C)C(CNC(=O)CCC1CCCC1)c1cn(C)c2ccccc12. The number of aryl methyl sites for hydroxylation is 1. The molecule has 1 N–H and O–H groups in total. The van der Waals surface area contributed by atoms with E-state index in [1.165, 1.54) is 42.1 Å². The van der Waals surface area contributed by atoms with Crippen molar-refractivity contribution >= 4 is 16.8 Å². The average molecular weight is 341 g/mol. The summed E-state index contributed by atoms with van der Waals surface area (Å²) in [5.74, 6) is 0.965. The molecule has 1 atom stereocenters. The number of fused-ring (bicyclic) bond motifs is 1. The molecular formula is C21H31N3O. The number of carbonyl (C=O) groups excluding carboxylic acids is 1. The van der Waals surface area contributed by atoms with E-state index in [-0.39, 0.29) is 11.9 Å². The van der Waals surface area contributed by atoms with Gasteiger partial charge in [0, 0.05) is 37.1 Å². The van der Waals surface area contributed by atoms with Gasteiger partial charge in [-0.25, -0.2) is 0 Å². The van der Waals surface area contributed by atoms with Gasteiger partial charge in [-0.05, 0) is 38.1 Å². The standard InChI is InChI=1S/C21H31N3O/c1-23(2)20(14-22-21(25)13-12-16-8-4-5-9-16)18-15-24(3)19-11-7-6-10-17(18)19/h6-7,10-11,15-16,20H,4-5,8-9,12-14H2,1-3H3,(H,22,25). The summed E-state index contributed by atoms with van der Waals surface area (Å²) in [5, 5.41) is 4.44. The fourth-order valence-electron chi connectivity index (χ4n) is 4.14. The lowest BCUT2D eigenvalue weighted by atomic mass is 10.0. The second kappa shape index (κ2) is 8.05. The van der Waals surface area contributed by atoms with Gasteiger partial charge in [-0.2, -0.15) is 0 Å². The van der Waals surface area contributed by atoms with Gasteiger partial charge in [0.1, 0.15) is 0 Å². The Morgan fingerprint density at radius 1 is 1.28 bits per heavy atom.